The van der Waals surface area contributed by atoms with Gasteiger partial charge in [-0.3, -0.25) is 19.8 Å². The molecule has 1 N–H and O–H groups in total. The molecule has 2 aliphatic heterocycles. The molecule has 0 aromatic heterocycles. The molecule has 2 saturated heterocycles. The first kappa shape index (κ1) is 17.5. The summed E-state index contributed by atoms with van der Waals surface area (Å²) in [4.78, 5) is 36.9. The van der Waals surface area contributed by atoms with Crippen molar-refractivity contribution in [3.8, 4) is 0 Å². The minimum atomic E-state index is -0.629. The van der Waals surface area contributed by atoms with Crippen LogP contribution in [-0.2, 0) is 14.3 Å². The van der Waals surface area contributed by atoms with Crippen LogP contribution in [0.25, 0.3) is 0 Å². The molecule has 3 amide bonds. The van der Waals surface area contributed by atoms with E-state index in [2.05, 4.69) is 38.2 Å². The Bertz CT molecular complexity index is 683. The summed E-state index contributed by atoms with van der Waals surface area (Å²) >= 11 is 0. The fraction of sp³-hybridized carbons (Fsp3) is 0.526. The van der Waals surface area contributed by atoms with Gasteiger partial charge in [-0.05, 0) is 29.4 Å². The van der Waals surface area contributed by atoms with E-state index >= 15 is 0 Å². The molecule has 0 bridgehead atoms. The van der Waals surface area contributed by atoms with Crippen LogP contribution in [0.1, 0.15) is 56.8 Å². The Hall–Kier alpha value is -2.37. The Kier molecular flexibility index (Phi) is 4.79. The van der Waals surface area contributed by atoms with Gasteiger partial charge in [0.25, 0.3) is 0 Å². The molecule has 6 nitrogen and oxygen atoms in total. The van der Waals surface area contributed by atoms with Gasteiger partial charge in [0.2, 0.25) is 11.8 Å². The number of nitrogens with zero attached hydrogens (tertiary/aromatic N) is 1. The minimum absolute atomic E-state index is 0.243. The summed E-state index contributed by atoms with van der Waals surface area (Å²) in [6, 6.07) is 7.49. The van der Waals surface area contributed by atoms with Crippen molar-refractivity contribution in [2.45, 2.75) is 51.7 Å². The first-order chi connectivity index (χ1) is 11.9. The van der Waals surface area contributed by atoms with Crippen molar-refractivity contribution < 1.29 is 19.1 Å². The first-order valence-corrected chi connectivity index (χ1v) is 8.77. The van der Waals surface area contributed by atoms with Gasteiger partial charge in [0.1, 0.15) is 12.1 Å². The molecule has 6 heteroatoms. The number of hydrogen-bond acceptors (Lipinski definition) is 4. The second-order valence-corrected chi connectivity index (χ2v) is 7.19. The van der Waals surface area contributed by atoms with Gasteiger partial charge < -0.3 is 4.74 Å². The van der Waals surface area contributed by atoms with Crippen molar-refractivity contribution in [3.63, 3.8) is 0 Å². The zero-order valence-corrected chi connectivity index (χ0v) is 14.8. The fourth-order valence-electron chi connectivity index (χ4n) is 3.29. The number of ether oxygens (including phenoxy) is 1. The number of benzene rings is 1. The van der Waals surface area contributed by atoms with Crippen LogP contribution in [0.5, 0.6) is 0 Å². The van der Waals surface area contributed by atoms with Gasteiger partial charge in [0.05, 0.1) is 6.54 Å². The largest absolute Gasteiger partial charge is 0.439 e. The summed E-state index contributed by atoms with van der Waals surface area (Å²) in [6.07, 6.45) is -0.301. The highest BCUT2D eigenvalue weighted by molar-refractivity contribution is 6.01. The third-order valence-electron chi connectivity index (χ3n) is 5.26. The molecule has 25 heavy (non-hydrogen) atoms. The van der Waals surface area contributed by atoms with E-state index in [1.165, 1.54) is 10.5 Å². The summed E-state index contributed by atoms with van der Waals surface area (Å²) in [5, 5.41) is 2.28. The van der Waals surface area contributed by atoms with Crippen molar-refractivity contribution in [1.29, 1.82) is 0 Å². The SMILES string of the molecule is CC(C)[C@@H](C)c1ccc([C@H]2CN(C3CCC(=O)NC3=O)C(=O)O2)cc1. The van der Waals surface area contributed by atoms with E-state index in [-0.39, 0.29) is 18.4 Å². The van der Waals surface area contributed by atoms with E-state index in [0.717, 1.165) is 5.56 Å². The quantitative estimate of drug-likeness (QED) is 0.852. The van der Waals surface area contributed by atoms with Crippen molar-refractivity contribution in [3.05, 3.63) is 35.4 Å². The van der Waals surface area contributed by atoms with Crippen LogP contribution in [0.3, 0.4) is 0 Å². The zero-order valence-electron chi connectivity index (χ0n) is 14.8. The molecule has 134 valence electrons. The van der Waals surface area contributed by atoms with E-state index in [9.17, 15) is 14.4 Å². The predicted octanol–water partition coefficient (Wildman–Crippen LogP) is 2.74. The Labute approximate surface area is 147 Å². The maximum atomic E-state index is 12.2. The number of hydrogen-bond donors (Lipinski definition) is 1. The third kappa shape index (κ3) is 3.52. The van der Waals surface area contributed by atoms with Crippen LogP contribution in [0.15, 0.2) is 24.3 Å². The molecule has 3 rings (SSSR count). The van der Waals surface area contributed by atoms with Gasteiger partial charge in [-0.1, -0.05) is 45.0 Å². The smallest absolute Gasteiger partial charge is 0.411 e. The molecule has 0 radical (unpaired) electrons. The summed E-state index contributed by atoms with van der Waals surface area (Å²) in [7, 11) is 0. The third-order valence-corrected chi connectivity index (χ3v) is 5.26. The van der Waals surface area contributed by atoms with Gasteiger partial charge in [0.15, 0.2) is 0 Å². The van der Waals surface area contributed by atoms with Crippen LogP contribution in [0.4, 0.5) is 4.79 Å². The van der Waals surface area contributed by atoms with Crippen molar-refractivity contribution in [2.75, 3.05) is 6.54 Å². The summed E-state index contributed by atoms with van der Waals surface area (Å²) < 4.78 is 5.46. The highest BCUT2D eigenvalue weighted by Gasteiger charge is 2.41. The molecule has 2 heterocycles. The number of amides is 3. The first-order valence-electron chi connectivity index (χ1n) is 8.77. The van der Waals surface area contributed by atoms with Gasteiger partial charge in [-0.15, -0.1) is 0 Å². The number of imide groups is 1. The average Bonchev–Trinajstić information content (AvgIpc) is 2.96. The number of nitrogens with one attached hydrogen (secondary N) is 1. The Morgan fingerprint density at radius 1 is 1.12 bits per heavy atom. The van der Waals surface area contributed by atoms with Crippen LogP contribution in [-0.4, -0.2) is 35.4 Å². The molecular formula is C19H24N2O4. The van der Waals surface area contributed by atoms with Gasteiger partial charge in [-0.25, -0.2) is 4.79 Å². The number of piperidine rings is 1. The lowest BCUT2D eigenvalue weighted by Gasteiger charge is -2.27. The monoisotopic (exact) mass is 344 g/mol. The summed E-state index contributed by atoms with van der Waals surface area (Å²) in [6.45, 7) is 6.90. The van der Waals surface area contributed by atoms with Crippen molar-refractivity contribution in [1.82, 2.24) is 10.2 Å². The Balaban J connectivity index is 1.70. The molecule has 1 unspecified atom stereocenters. The topological polar surface area (TPSA) is 75.7 Å². The lowest BCUT2D eigenvalue weighted by Crippen LogP contribution is -2.52. The van der Waals surface area contributed by atoms with Gasteiger partial charge in [-0.2, -0.15) is 0 Å². The van der Waals surface area contributed by atoms with E-state index in [1.807, 2.05) is 12.1 Å². The van der Waals surface area contributed by atoms with E-state index in [4.69, 9.17) is 4.74 Å². The predicted molar refractivity (Wildman–Crippen MR) is 91.8 cm³/mol. The lowest BCUT2D eigenvalue weighted by molar-refractivity contribution is -0.136. The number of cyclic esters (lactones) is 1. The molecule has 0 spiro atoms. The molecule has 2 fully saturated rings. The second kappa shape index (κ2) is 6.86. The maximum absolute atomic E-state index is 12.2. The average molecular weight is 344 g/mol. The van der Waals surface area contributed by atoms with Crippen LogP contribution in [0, 0.1) is 5.92 Å². The molecule has 0 aliphatic carbocycles. The molecule has 0 saturated carbocycles. The summed E-state index contributed by atoms with van der Waals surface area (Å²) in [5.74, 6) is 0.300. The van der Waals surface area contributed by atoms with E-state index in [0.29, 0.717) is 24.8 Å². The molecule has 1 aromatic rings. The normalized spacial score (nSPS) is 25.1. The highest BCUT2D eigenvalue weighted by Crippen LogP contribution is 2.31. The standard InChI is InChI=1S/C19H24N2O4/c1-11(2)12(3)13-4-6-14(7-5-13)16-10-21(19(24)25-16)15-8-9-17(22)20-18(15)23/h4-7,11-12,15-16H,8-10H2,1-3H3,(H,20,22,23)/t12-,15?,16-/m1/s1. The maximum Gasteiger partial charge on any atom is 0.411 e. The highest BCUT2D eigenvalue weighted by atomic mass is 16.6. The van der Waals surface area contributed by atoms with E-state index < -0.39 is 18.0 Å². The molecule has 1 aromatic carbocycles. The van der Waals surface area contributed by atoms with Crippen LogP contribution >= 0.6 is 0 Å². The number of carbonyl (C=O) groups excluding carboxylic acids is 3. The number of carbonyl (C=O) groups is 3. The molecular weight excluding hydrogens is 320 g/mol. The van der Waals surface area contributed by atoms with Gasteiger partial charge in [0, 0.05) is 6.42 Å². The number of rotatable bonds is 4. The fourth-order valence-corrected chi connectivity index (χ4v) is 3.29. The molecule has 2 aliphatic rings. The van der Waals surface area contributed by atoms with Crippen LogP contribution < -0.4 is 5.32 Å². The Morgan fingerprint density at radius 2 is 1.80 bits per heavy atom. The van der Waals surface area contributed by atoms with Gasteiger partial charge >= 0.3 is 6.09 Å². The zero-order chi connectivity index (χ0) is 18.1. The van der Waals surface area contributed by atoms with Crippen LogP contribution in [0.2, 0.25) is 0 Å². The van der Waals surface area contributed by atoms with Crippen molar-refractivity contribution in [2.24, 2.45) is 5.92 Å². The summed E-state index contributed by atoms with van der Waals surface area (Å²) in [5.41, 5.74) is 2.17. The lowest BCUT2D eigenvalue weighted by atomic mass is 9.89. The van der Waals surface area contributed by atoms with E-state index in [1.54, 1.807) is 0 Å². The minimum Gasteiger partial charge on any atom is -0.439 e. The second-order valence-electron chi connectivity index (χ2n) is 7.19. The van der Waals surface area contributed by atoms with Crippen molar-refractivity contribution >= 4 is 17.9 Å². The molecule has 3 atom stereocenters. The Morgan fingerprint density at radius 3 is 2.40 bits per heavy atom.